The molecule has 0 amide bonds. The lowest BCUT2D eigenvalue weighted by atomic mass is 9.97. The van der Waals surface area contributed by atoms with Gasteiger partial charge in [-0.05, 0) is 24.4 Å². The highest BCUT2D eigenvalue weighted by Gasteiger charge is 2.17. The molecule has 2 nitrogen and oxygen atoms in total. The first kappa shape index (κ1) is 16.4. The topological polar surface area (TPSA) is 38.0 Å². The van der Waals surface area contributed by atoms with Gasteiger partial charge in [0.05, 0.1) is 0 Å². The number of hydrogen-bond donors (Lipinski definition) is 2. The van der Waals surface area contributed by atoms with Crippen molar-refractivity contribution in [3.63, 3.8) is 0 Å². The molecule has 0 bridgehead atoms. The van der Waals surface area contributed by atoms with Crippen LogP contribution in [0.4, 0.5) is 0 Å². The van der Waals surface area contributed by atoms with Gasteiger partial charge in [0.1, 0.15) is 0 Å². The third kappa shape index (κ3) is 5.53. The molecule has 0 aliphatic heterocycles. The SMILES string of the molecule is CC[C@H](N)C(NCC(C)C)c1ccccc1.Cl. The maximum atomic E-state index is 6.17. The molecule has 0 spiro atoms. The van der Waals surface area contributed by atoms with Gasteiger partial charge >= 0.3 is 0 Å². The zero-order chi connectivity index (χ0) is 12.0. The average molecular weight is 257 g/mol. The van der Waals surface area contributed by atoms with E-state index in [4.69, 9.17) is 5.73 Å². The normalized spacial score (nSPS) is 14.2. The Hall–Kier alpha value is -0.570. The highest BCUT2D eigenvalue weighted by atomic mass is 35.5. The van der Waals surface area contributed by atoms with Crippen molar-refractivity contribution in [3.8, 4) is 0 Å². The van der Waals surface area contributed by atoms with Gasteiger partial charge in [-0.3, -0.25) is 0 Å². The summed E-state index contributed by atoms with van der Waals surface area (Å²) in [6, 6.07) is 10.9. The zero-order valence-corrected chi connectivity index (χ0v) is 11.8. The first-order chi connectivity index (χ1) is 7.65. The van der Waals surface area contributed by atoms with Crippen LogP contribution in [0.5, 0.6) is 0 Å². The molecule has 1 unspecified atom stereocenters. The molecule has 0 saturated heterocycles. The number of nitrogens with one attached hydrogen (secondary N) is 1. The molecule has 17 heavy (non-hydrogen) atoms. The molecular weight excluding hydrogens is 232 g/mol. The van der Waals surface area contributed by atoms with E-state index in [0.717, 1.165) is 13.0 Å². The standard InChI is InChI=1S/C14H24N2.ClH/c1-4-13(15)14(16-10-11(2)3)12-8-6-5-7-9-12;/h5-9,11,13-14,16H,4,10,15H2,1-3H3;1H/t13-,14?;/m0./s1. The summed E-state index contributed by atoms with van der Waals surface area (Å²) in [4.78, 5) is 0. The van der Waals surface area contributed by atoms with Crippen molar-refractivity contribution in [1.29, 1.82) is 0 Å². The number of rotatable bonds is 6. The fourth-order valence-electron chi connectivity index (χ4n) is 1.78. The van der Waals surface area contributed by atoms with E-state index in [2.05, 4.69) is 50.4 Å². The van der Waals surface area contributed by atoms with E-state index in [9.17, 15) is 0 Å². The molecule has 2 atom stereocenters. The molecular formula is C14H25ClN2. The number of hydrogen-bond acceptors (Lipinski definition) is 2. The van der Waals surface area contributed by atoms with Crippen LogP contribution in [0.1, 0.15) is 38.8 Å². The van der Waals surface area contributed by atoms with Gasteiger partial charge in [-0.25, -0.2) is 0 Å². The Morgan fingerprint density at radius 2 is 1.76 bits per heavy atom. The molecule has 0 aromatic heterocycles. The van der Waals surface area contributed by atoms with Crippen LogP contribution in [0.25, 0.3) is 0 Å². The summed E-state index contributed by atoms with van der Waals surface area (Å²) in [6.45, 7) is 7.57. The van der Waals surface area contributed by atoms with Crippen LogP contribution in [0, 0.1) is 5.92 Å². The minimum Gasteiger partial charge on any atom is -0.326 e. The van der Waals surface area contributed by atoms with E-state index in [0.29, 0.717) is 5.92 Å². The molecule has 0 saturated carbocycles. The zero-order valence-electron chi connectivity index (χ0n) is 11.0. The van der Waals surface area contributed by atoms with Gasteiger partial charge in [-0.2, -0.15) is 0 Å². The monoisotopic (exact) mass is 256 g/mol. The second-order valence-electron chi connectivity index (χ2n) is 4.76. The summed E-state index contributed by atoms with van der Waals surface area (Å²) in [5.41, 5.74) is 7.46. The van der Waals surface area contributed by atoms with Crippen molar-refractivity contribution in [1.82, 2.24) is 5.32 Å². The van der Waals surface area contributed by atoms with Gasteiger partial charge < -0.3 is 11.1 Å². The molecule has 3 N–H and O–H groups in total. The fourth-order valence-corrected chi connectivity index (χ4v) is 1.78. The van der Waals surface area contributed by atoms with Crippen molar-refractivity contribution in [2.45, 2.75) is 39.3 Å². The van der Waals surface area contributed by atoms with Crippen LogP contribution in [0.3, 0.4) is 0 Å². The Kier molecular flexibility index (Phi) is 8.23. The first-order valence-corrected chi connectivity index (χ1v) is 6.19. The van der Waals surface area contributed by atoms with Crippen LogP contribution in [-0.2, 0) is 0 Å². The Labute approximate surface area is 111 Å². The maximum absolute atomic E-state index is 6.17. The molecule has 0 aliphatic carbocycles. The van der Waals surface area contributed by atoms with Crippen LogP contribution < -0.4 is 11.1 Å². The summed E-state index contributed by atoms with van der Waals surface area (Å²) in [5, 5.41) is 3.56. The highest BCUT2D eigenvalue weighted by Crippen LogP contribution is 2.17. The van der Waals surface area contributed by atoms with E-state index in [1.807, 2.05) is 6.07 Å². The predicted octanol–water partition coefficient (Wildman–Crippen LogP) is 3.13. The Morgan fingerprint density at radius 1 is 1.18 bits per heavy atom. The smallest absolute Gasteiger partial charge is 0.0473 e. The molecule has 1 rings (SSSR count). The minimum atomic E-state index is 0. The highest BCUT2D eigenvalue weighted by molar-refractivity contribution is 5.85. The third-order valence-electron chi connectivity index (χ3n) is 2.80. The Bertz CT molecular complexity index is 288. The van der Waals surface area contributed by atoms with E-state index < -0.39 is 0 Å². The summed E-state index contributed by atoms with van der Waals surface area (Å²) >= 11 is 0. The van der Waals surface area contributed by atoms with Crippen LogP contribution >= 0.6 is 12.4 Å². The van der Waals surface area contributed by atoms with E-state index in [1.54, 1.807) is 0 Å². The average Bonchev–Trinajstić information content (AvgIpc) is 2.30. The third-order valence-corrected chi connectivity index (χ3v) is 2.80. The molecule has 1 aromatic carbocycles. The number of nitrogens with two attached hydrogens (primary N) is 1. The molecule has 0 radical (unpaired) electrons. The summed E-state index contributed by atoms with van der Waals surface area (Å²) in [5.74, 6) is 0.648. The molecule has 0 aliphatic rings. The number of halogens is 1. The lowest BCUT2D eigenvalue weighted by Gasteiger charge is -2.25. The largest absolute Gasteiger partial charge is 0.326 e. The van der Waals surface area contributed by atoms with Gasteiger partial charge in [-0.1, -0.05) is 51.1 Å². The lowest BCUT2D eigenvalue weighted by Crippen LogP contribution is -2.39. The van der Waals surface area contributed by atoms with Crippen molar-refractivity contribution in [3.05, 3.63) is 35.9 Å². The van der Waals surface area contributed by atoms with Gasteiger partial charge in [0.2, 0.25) is 0 Å². The van der Waals surface area contributed by atoms with Gasteiger partial charge in [0.15, 0.2) is 0 Å². The van der Waals surface area contributed by atoms with E-state index >= 15 is 0 Å². The van der Waals surface area contributed by atoms with Crippen molar-refractivity contribution < 1.29 is 0 Å². The van der Waals surface area contributed by atoms with Gasteiger partial charge in [-0.15, -0.1) is 12.4 Å². The van der Waals surface area contributed by atoms with Crippen LogP contribution in [-0.4, -0.2) is 12.6 Å². The second kappa shape index (κ2) is 8.51. The molecule has 0 fully saturated rings. The van der Waals surface area contributed by atoms with Gasteiger partial charge in [0, 0.05) is 12.1 Å². The lowest BCUT2D eigenvalue weighted by molar-refractivity contribution is 0.406. The van der Waals surface area contributed by atoms with Crippen LogP contribution in [0.15, 0.2) is 30.3 Å². The maximum Gasteiger partial charge on any atom is 0.0473 e. The fraction of sp³-hybridized carbons (Fsp3) is 0.571. The molecule has 0 heterocycles. The minimum absolute atomic E-state index is 0. The Balaban J connectivity index is 0.00000256. The van der Waals surface area contributed by atoms with E-state index in [1.165, 1.54) is 5.56 Å². The van der Waals surface area contributed by atoms with Crippen LogP contribution in [0.2, 0.25) is 0 Å². The summed E-state index contributed by atoms with van der Waals surface area (Å²) < 4.78 is 0. The second-order valence-corrected chi connectivity index (χ2v) is 4.76. The van der Waals surface area contributed by atoms with Crippen molar-refractivity contribution in [2.24, 2.45) is 11.7 Å². The predicted molar refractivity (Wildman–Crippen MR) is 77.5 cm³/mol. The molecule has 1 aromatic rings. The van der Waals surface area contributed by atoms with Crippen molar-refractivity contribution in [2.75, 3.05) is 6.54 Å². The van der Waals surface area contributed by atoms with Gasteiger partial charge in [0.25, 0.3) is 0 Å². The first-order valence-electron chi connectivity index (χ1n) is 6.19. The van der Waals surface area contributed by atoms with E-state index in [-0.39, 0.29) is 24.5 Å². The quantitative estimate of drug-likeness (QED) is 0.821. The molecule has 3 heteroatoms. The summed E-state index contributed by atoms with van der Waals surface area (Å²) in [7, 11) is 0. The summed E-state index contributed by atoms with van der Waals surface area (Å²) in [6.07, 6.45) is 0.991. The molecule has 98 valence electrons. The number of benzene rings is 1. The van der Waals surface area contributed by atoms with Crippen molar-refractivity contribution >= 4 is 12.4 Å². The Morgan fingerprint density at radius 3 is 2.24 bits per heavy atom.